The molecule has 0 spiro atoms. The first kappa shape index (κ1) is 24.4. The zero-order chi connectivity index (χ0) is 23.9. The molecule has 0 radical (unpaired) electrons. The predicted octanol–water partition coefficient (Wildman–Crippen LogP) is 4.75. The molecule has 7 nitrogen and oxygen atoms in total. The topological polar surface area (TPSA) is 121 Å². The Balaban J connectivity index is 2.02. The lowest BCUT2D eigenvalue weighted by Crippen LogP contribution is -2.53. The van der Waals surface area contributed by atoms with Gasteiger partial charge >= 0.3 is 0 Å². The van der Waals surface area contributed by atoms with E-state index in [0.717, 1.165) is 6.07 Å². The van der Waals surface area contributed by atoms with E-state index in [1.807, 2.05) is 6.92 Å². The Morgan fingerprint density at radius 3 is 2.62 bits per heavy atom. The van der Waals surface area contributed by atoms with E-state index in [9.17, 15) is 22.7 Å². The van der Waals surface area contributed by atoms with Crippen molar-refractivity contribution in [3.8, 4) is 0 Å². The molecule has 5 N–H and O–H groups in total. The molecule has 1 aliphatic rings. The van der Waals surface area contributed by atoms with Gasteiger partial charge in [-0.05, 0) is 50.1 Å². The molecular formula is C21H25ClF2N4O3S. The third-order valence-corrected chi connectivity index (χ3v) is 8.62. The van der Waals surface area contributed by atoms with Crippen molar-refractivity contribution in [1.82, 2.24) is 4.98 Å². The number of aliphatic imine (C=N–C) groups is 1. The van der Waals surface area contributed by atoms with E-state index in [4.69, 9.17) is 17.3 Å². The summed E-state index contributed by atoms with van der Waals surface area (Å²) in [7, 11) is -3.46. The van der Waals surface area contributed by atoms with Gasteiger partial charge < -0.3 is 11.1 Å². The van der Waals surface area contributed by atoms with E-state index in [2.05, 4.69) is 15.3 Å². The standard InChI is InChI=1S/C21H25ClF2N4O3S/c1-4-12-7-13(22)9-26-17(12)18(29)27-14-5-6-16(24)15(8-14)21(10-23)11-32(30,31)20(2,3)19(25)28-21/h5-9,30-31H,4,10-11H2,1-3H3,(H2,25,28)(H,27,29). The molecule has 0 aliphatic carbocycles. The number of anilines is 1. The number of hydrogen-bond donors (Lipinski definition) is 4. The van der Waals surface area contributed by atoms with Crippen molar-refractivity contribution in [3.63, 3.8) is 0 Å². The van der Waals surface area contributed by atoms with Gasteiger partial charge in [0.05, 0.1) is 10.8 Å². The van der Waals surface area contributed by atoms with E-state index in [1.54, 1.807) is 6.07 Å². The molecule has 1 amide bonds. The van der Waals surface area contributed by atoms with Crippen LogP contribution in [0.5, 0.6) is 0 Å². The van der Waals surface area contributed by atoms with Crippen molar-refractivity contribution in [1.29, 1.82) is 0 Å². The average molecular weight is 487 g/mol. The smallest absolute Gasteiger partial charge is 0.274 e. The Morgan fingerprint density at radius 2 is 2.03 bits per heavy atom. The first-order valence-electron chi connectivity index (χ1n) is 9.80. The number of aromatic nitrogens is 1. The number of amidine groups is 1. The molecule has 3 rings (SSSR count). The third kappa shape index (κ3) is 4.19. The SMILES string of the molecule is CCc1cc(Cl)cnc1C(=O)Nc1ccc(F)c(C2(CF)CS(O)(O)C(C)(C)C(N)=N2)c1. The minimum Gasteiger partial charge on any atom is -0.386 e. The minimum atomic E-state index is -3.46. The van der Waals surface area contributed by atoms with Crippen LogP contribution in [0.3, 0.4) is 0 Å². The van der Waals surface area contributed by atoms with E-state index >= 15 is 0 Å². The predicted molar refractivity (Wildman–Crippen MR) is 124 cm³/mol. The van der Waals surface area contributed by atoms with Crippen LogP contribution in [-0.4, -0.2) is 43.0 Å². The fraction of sp³-hybridized carbons (Fsp3) is 0.381. The van der Waals surface area contributed by atoms with Crippen LogP contribution in [0.15, 0.2) is 35.5 Å². The second-order valence-corrected chi connectivity index (χ2v) is 11.2. The van der Waals surface area contributed by atoms with Gasteiger partial charge in [-0.1, -0.05) is 18.5 Å². The van der Waals surface area contributed by atoms with Crippen molar-refractivity contribution in [2.24, 2.45) is 10.7 Å². The summed E-state index contributed by atoms with van der Waals surface area (Å²) in [6.07, 6.45) is 1.85. The molecule has 1 aromatic heterocycles. The van der Waals surface area contributed by atoms with Crippen LogP contribution in [0, 0.1) is 5.82 Å². The van der Waals surface area contributed by atoms with Crippen LogP contribution in [0.4, 0.5) is 14.5 Å². The van der Waals surface area contributed by atoms with Gasteiger partial charge in [-0.3, -0.25) is 18.9 Å². The molecule has 2 heterocycles. The molecule has 1 aliphatic heterocycles. The summed E-state index contributed by atoms with van der Waals surface area (Å²) in [6.45, 7) is 3.60. The van der Waals surface area contributed by atoms with Crippen LogP contribution in [-0.2, 0) is 12.0 Å². The molecule has 2 aromatic rings. The number of nitrogens with zero attached hydrogens (tertiary/aromatic N) is 2. The average Bonchev–Trinajstić information content (AvgIpc) is 2.73. The zero-order valence-corrected chi connectivity index (χ0v) is 19.4. The number of amides is 1. The number of pyridine rings is 1. The highest BCUT2D eigenvalue weighted by Crippen LogP contribution is 2.59. The highest BCUT2D eigenvalue weighted by atomic mass is 35.5. The van der Waals surface area contributed by atoms with E-state index < -0.39 is 45.0 Å². The fourth-order valence-electron chi connectivity index (χ4n) is 3.46. The molecule has 0 bridgehead atoms. The molecule has 1 aromatic carbocycles. The van der Waals surface area contributed by atoms with E-state index in [1.165, 1.54) is 32.2 Å². The van der Waals surface area contributed by atoms with Gasteiger partial charge in [-0.25, -0.2) is 13.8 Å². The molecule has 32 heavy (non-hydrogen) atoms. The Kier molecular flexibility index (Phi) is 6.54. The first-order valence-corrected chi connectivity index (χ1v) is 11.9. The van der Waals surface area contributed by atoms with Gasteiger partial charge in [0.1, 0.15) is 34.3 Å². The quantitative estimate of drug-likeness (QED) is 0.485. The highest BCUT2D eigenvalue weighted by Gasteiger charge is 2.51. The molecule has 0 fully saturated rings. The van der Waals surface area contributed by atoms with Gasteiger partial charge in [0, 0.05) is 17.4 Å². The van der Waals surface area contributed by atoms with Crippen molar-refractivity contribution in [3.05, 3.63) is 58.1 Å². The second-order valence-electron chi connectivity index (χ2n) is 8.15. The van der Waals surface area contributed by atoms with Crippen LogP contribution in [0.1, 0.15) is 42.4 Å². The second kappa shape index (κ2) is 8.58. The molecule has 174 valence electrons. The summed E-state index contributed by atoms with van der Waals surface area (Å²) in [5.74, 6) is -2.10. The summed E-state index contributed by atoms with van der Waals surface area (Å²) in [5, 5.41) is 3.01. The number of alkyl halides is 1. The minimum absolute atomic E-state index is 0.152. The number of aryl methyl sites for hydroxylation is 1. The summed E-state index contributed by atoms with van der Waals surface area (Å²) in [5.41, 5.74) is 4.70. The van der Waals surface area contributed by atoms with Crippen molar-refractivity contribution in [2.45, 2.75) is 37.5 Å². The van der Waals surface area contributed by atoms with Crippen molar-refractivity contribution < 1.29 is 22.7 Å². The monoisotopic (exact) mass is 486 g/mol. The van der Waals surface area contributed by atoms with Crippen LogP contribution in [0.25, 0.3) is 0 Å². The van der Waals surface area contributed by atoms with Crippen molar-refractivity contribution >= 4 is 39.6 Å². The van der Waals surface area contributed by atoms with E-state index in [0.29, 0.717) is 17.0 Å². The van der Waals surface area contributed by atoms with E-state index in [-0.39, 0.29) is 22.8 Å². The van der Waals surface area contributed by atoms with Crippen LogP contribution >= 0.6 is 22.2 Å². The van der Waals surface area contributed by atoms with Gasteiger partial charge in [-0.15, -0.1) is 0 Å². The Labute approximate surface area is 191 Å². The van der Waals surface area contributed by atoms with Crippen LogP contribution in [0.2, 0.25) is 5.02 Å². The lowest BCUT2D eigenvalue weighted by atomic mass is 9.92. The molecule has 1 unspecified atom stereocenters. The maximum absolute atomic E-state index is 14.8. The van der Waals surface area contributed by atoms with Gasteiger partial charge in [0.2, 0.25) is 0 Å². The van der Waals surface area contributed by atoms with Gasteiger partial charge in [-0.2, -0.15) is 10.6 Å². The maximum atomic E-state index is 14.8. The number of benzene rings is 1. The number of rotatable bonds is 5. The molecule has 11 heteroatoms. The lowest BCUT2D eigenvalue weighted by molar-refractivity contribution is 0.102. The van der Waals surface area contributed by atoms with Crippen LogP contribution < -0.4 is 11.1 Å². The molecule has 0 saturated carbocycles. The maximum Gasteiger partial charge on any atom is 0.274 e. The number of halogens is 3. The first-order chi connectivity index (χ1) is 14.9. The molecule has 1 atom stereocenters. The number of nitrogens with one attached hydrogen (secondary N) is 1. The van der Waals surface area contributed by atoms with Gasteiger partial charge in [0.25, 0.3) is 5.91 Å². The Morgan fingerprint density at radius 1 is 1.34 bits per heavy atom. The number of carbonyl (C=O) groups is 1. The lowest BCUT2D eigenvalue weighted by Gasteiger charge is -2.53. The molecule has 0 saturated heterocycles. The Bertz CT molecular complexity index is 1100. The largest absolute Gasteiger partial charge is 0.386 e. The normalized spacial score (nSPS) is 22.7. The van der Waals surface area contributed by atoms with Gasteiger partial charge in [0.15, 0.2) is 0 Å². The zero-order valence-electron chi connectivity index (χ0n) is 17.8. The van der Waals surface area contributed by atoms with Crippen molar-refractivity contribution in [2.75, 3.05) is 17.7 Å². The third-order valence-electron chi connectivity index (χ3n) is 5.68. The molecular weight excluding hydrogens is 462 g/mol. The highest BCUT2D eigenvalue weighted by molar-refractivity contribution is 8.26. The summed E-state index contributed by atoms with van der Waals surface area (Å²) < 4.78 is 49.1. The fourth-order valence-corrected chi connectivity index (χ4v) is 5.35. The number of nitrogens with two attached hydrogens (primary N) is 1. The Hall–Kier alpha value is -2.27. The number of hydrogen-bond acceptors (Lipinski definition) is 6. The summed E-state index contributed by atoms with van der Waals surface area (Å²) in [6, 6.07) is 5.21. The summed E-state index contributed by atoms with van der Waals surface area (Å²) in [4.78, 5) is 21.0. The summed E-state index contributed by atoms with van der Waals surface area (Å²) >= 11 is 5.94. The number of carbonyl (C=O) groups excluding carboxylic acids is 1.